The Morgan fingerprint density at radius 3 is 2.70 bits per heavy atom. The number of para-hydroxylation sites is 1. The summed E-state index contributed by atoms with van der Waals surface area (Å²) >= 11 is 0. The monoisotopic (exact) mass is 371 g/mol. The zero-order valence-corrected chi connectivity index (χ0v) is 14.7. The highest BCUT2D eigenvalue weighted by Crippen LogP contribution is 2.29. The van der Waals surface area contributed by atoms with E-state index in [0.717, 1.165) is 0 Å². The summed E-state index contributed by atoms with van der Waals surface area (Å²) in [6.07, 6.45) is 2.60. The molecule has 1 saturated heterocycles. The molecule has 0 saturated carbocycles. The highest BCUT2D eigenvalue weighted by Gasteiger charge is 2.30. The number of hydrogen-bond acceptors (Lipinski definition) is 6. The average Bonchev–Trinajstić information content (AvgIpc) is 3.27. The molecule has 1 aliphatic rings. The van der Waals surface area contributed by atoms with Gasteiger partial charge < -0.3 is 14.5 Å². The average molecular weight is 371 g/mol. The van der Waals surface area contributed by atoms with E-state index in [-0.39, 0.29) is 29.0 Å². The standard InChI is InChI=1S/C18H18FN5O3/c1-11-20-17(27-22-11)12-6-8-23(9-7-12)18(26)16-15(25)10-24(21-16)14-5-3-2-4-13(14)19/h2-5,10,12,25H,6-9H2,1H3. The van der Waals surface area contributed by atoms with Crippen LogP contribution >= 0.6 is 0 Å². The van der Waals surface area contributed by atoms with Crippen LogP contribution in [0, 0.1) is 12.7 Å². The van der Waals surface area contributed by atoms with Crippen LogP contribution in [0.5, 0.6) is 5.75 Å². The summed E-state index contributed by atoms with van der Waals surface area (Å²) in [7, 11) is 0. The fourth-order valence-corrected chi connectivity index (χ4v) is 3.24. The normalized spacial score (nSPS) is 15.3. The predicted octanol–water partition coefficient (Wildman–Crippen LogP) is 2.43. The maximum atomic E-state index is 13.9. The molecule has 2 aromatic heterocycles. The lowest BCUT2D eigenvalue weighted by atomic mass is 9.96. The van der Waals surface area contributed by atoms with Crippen molar-refractivity contribution < 1.29 is 18.8 Å². The number of piperidine rings is 1. The smallest absolute Gasteiger partial charge is 0.278 e. The van der Waals surface area contributed by atoms with E-state index in [1.54, 1.807) is 24.0 Å². The predicted molar refractivity (Wildman–Crippen MR) is 92.1 cm³/mol. The van der Waals surface area contributed by atoms with Gasteiger partial charge in [-0.15, -0.1) is 0 Å². The largest absolute Gasteiger partial charge is 0.504 e. The lowest BCUT2D eigenvalue weighted by Crippen LogP contribution is -2.38. The van der Waals surface area contributed by atoms with Gasteiger partial charge in [-0.05, 0) is 31.9 Å². The molecule has 140 valence electrons. The fourth-order valence-electron chi connectivity index (χ4n) is 3.24. The molecule has 1 aliphatic heterocycles. The van der Waals surface area contributed by atoms with Gasteiger partial charge in [-0.1, -0.05) is 17.3 Å². The first-order valence-electron chi connectivity index (χ1n) is 8.66. The molecule has 0 radical (unpaired) electrons. The molecule has 9 heteroatoms. The summed E-state index contributed by atoms with van der Waals surface area (Å²) in [5, 5.41) is 18.0. The maximum Gasteiger partial charge on any atom is 0.278 e. The third-order valence-electron chi connectivity index (χ3n) is 4.67. The molecule has 0 aliphatic carbocycles. The summed E-state index contributed by atoms with van der Waals surface area (Å²) in [5.41, 5.74) is 0.0719. The van der Waals surface area contributed by atoms with Crippen LogP contribution in [0.2, 0.25) is 0 Å². The number of carbonyl (C=O) groups excluding carboxylic acids is 1. The van der Waals surface area contributed by atoms with Crippen LogP contribution in [-0.2, 0) is 0 Å². The van der Waals surface area contributed by atoms with Crippen molar-refractivity contribution in [3.8, 4) is 11.4 Å². The van der Waals surface area contributed by atoms with Gasteiger partial charge in [-0.2, -0.15) is 10.1 Å². The maximum absolute atomic E-state index is 13.9. The van der Waals surface area contributed by atoms with E-state index in [1.165, 1.54) is 23.0 Å². The zero-order chi connectivity index (χ0) is 19.0. The van der Waals surface area contributed by atoms with E-state index in [9.17, 15) is 14.3 Å². The summed E-state index contributed by atoms with van der Waals surface area (Å²) in [5.74, 6) is 0.133. The molecule has 27 heavy (non-hydrogen) atoms. The molecule has 1 fully saturated rings. The number of nitrogens with zero attached hydrogens (tertiary/aromatic N) is 5. The molecule has 4 rings (SSSR count). The Bertz CT molecular complexity index is 975. The van der Waals surface area contributed by atoms with Crippen molar-refractivity contribution in [3.63, 3.8) is 0 Å². The molecule has 1 aromatic carbocycles. The van der Waals surface area contributed by atoms with Crippen molar-refractivity contribution in [2.45, 2.75) is 25.7 Å². The summed E-state index contributed by atoms with van der Waals surface area (Å²) in [4.78, 5) is 18.6. The van der Waals surface area contributed by atoms with Crippen molar-refractivity contribution in [1.29, 1.82) is 0 Å². The van der Waals surface area contributed by atoms with Crippen LogP contribution in [-0.4, -0.2) is 48.9 Å². The number of aromatic hydroxyl groups is 1. The quantitative estimate of drug-likeness (QED) is 0.759. The molecule has 3 aromatic rings. The van der Waals surface area contributed by atoms with Gasteiger partial charge in [0.15, 0.2) is 17.3 Å². The highest BCUT2D eigenvalue weighted by molar-refractivity contribution is 5.94. The van der Waals surface area contributed by atoms with Crippen molar-refractivity contribution in [2.24, 2.45) is 0 Å². The first-order valence-corrected chi connectivity index (χ1v) is 8.66. The van der Waals surface area contributed by atoms with Gasteiger partial charge in [0, 0.05) is 19.0 Å². The Labute approximate surface area is 154 Å². The number of rotatable bonds is 3. The number of halogens is 1. The van der Waals surface area contributed by atoms with Gasteiger partial charge in [0.25, 0.3) is 5.91 Å². The molecular weight excluding hydrogens is 353 g/mol. The molecular formula is C18H18FN5O3. The van der Waals surface area contributed by atoms with Crippen LogP contribution in [0.15, 0.2) is 35.0 Å². The second-order valence-corrected chi connectivity index (χ2v) is 6.51. The number of aryl methyl sites for hydroxylation is 1. The van der Waals surface area contributed by atoms with Gasteiger partial charge in [0.2, 0.25) is 5.89 Å². The summed E-state index contributed by atoms with van der Waals surface area (Å²) in [6.45, 7) is 2.73. The Morgan fingerprint density at radius 1 is 1.30 bits per heavy atom. The minimum Gasteiger partial charge on any atom is -0.504 e. The minimum atomic E-state index is -0.491. The second kappa shape index (κ2) is 6.82. The first kappa shape index (κ1) is 17.2. The Hall–Kier alpha value is -3.23. The molecule has 0 atom stereocenters. The second-order valence-electron chi connectivity index (χ2n) is 6.51. The summed E-state index contributed by atoms with van der Waals surface area (Å²) < 4.78 is 20.3. The molecule has 0 bridgehead atoms. The first-order chi connectivity index (χ1) is 13.0. The number of hydrogen-bond donors (Lipinski definition) is 1. The van der Waals surface area contributed by atoms with Crippen molar-refractivity contribution in [3.05, 3.63) is 53.7 Å². The number of benzene rings is 1. The molecule has 1 N–H and O–H groups in total. The Kier molecular flexibility index (Phi) is 4.35. The third kappa shape index (κ3) is 3.27. The highest BCUT2D eigenvalue weighted by atomic mass is 19.1. The number of aromatic nitrogens is 4. The van der Waals surface area contributed by atoms with E-state index >= 15 is 0 Å². The van der Waals surface area contributed by atoms with Crippen LogP contribution in [0.1, 0.15) is 41.0 Å². The van der Waals surface area contributed by atoms with Crippen LogP contribution in [0.25, 0.3) is 5.69 Å². The van der Waals surface area contributed by atoms with Gasteiger partial charge in [0.1, 0.15) is 11.5 Å². The number of amides is 1. The van der Waals surface area contributed by atoms with Gasteiger partial charge in [-0.25, -0.2) is 9.07 Å². The lowest BCUT2D eigenvalue weighted by molar-refractivity contribution is 0.0695. The van der Waals surface area contributed by atoms with E-state index in [1.807, 2.05) is 0 Å². The van der Waals surface area contributed by atoms with Gasteiger partial charge in [0.05, 0.1) is 6.20 Å². The topological polar surface area (TPSA) is 97.3 Å². The molecule has 0 spiro atoms. The zero-order valence-electron chi connectivity index (χ0n) is 14.7. The molecule has 0 unspecified atom stereocenters. The SMILES string of the molecule is Cc1noc(C2CCN(C(=O)c3nn(-c4ccccc4F)cc3O)CC2)n1. The minimum absolute atomic E-state index is 0.0923. The fraction of sp³-hybridized carbons (Fsp3) is 0.333. The van der Waals surface area contributed by atoms with E-state index in [0.29, 0.717) is 37.6 Å². The number of likely N-dealkylation sites (tertiary alicyclic amines) is 1. The van der Waals surface area contributed by atoms with E-state index in [4.69, 9.17) is 4.52 Å². The van der Waals surface area contributed by atoms with Crippen molar-refractivity contribution in [1.82, 2.24) is 24.8 Å². The van der Waals surface area contributed by atoms with Crippen molar-refractivity contribution >= 4 is 5.91 Å². The molecule has 1 amide bonds. The van der Waals surface area contributed by atoms with Crippen molar-refractivity contribution in [2.75, 3.05) is 13.1 Å². The van der Waals surface area contributed by atoms with Gasteiger partial charge in [-0.3, -0.25) is 4.79 Å². The number of carbonyl (C=O) groups is 1. The van der Waals surface area contributed by atoms with Crippen LogP contribution in [0.4, 0.5) is 4.39 Å². The van der Waals surface area contributed by atoms with E-state index < -0.39 is 5.82 Å². The van der Waals surface area contributed by atoms with Gasteiger partial charge >= 0.3 is 0 Å². The molecule has 8 nitrogen and oxygen atoms in total. The van der Waals surface area contributed by atoms with Crippen LogP contribution < -0.4 is 0 Å². The Morgan fingerprint density at radius 2 is 2.04 bits per heavy atom. The summed E-state index contributed by atoms with van der Waals surface area (Å²) in [6, 6.07) is 6.03. The Balaban J connectivity index is 1.48. The third-order valence-corrected chi connectivity index (χ3v) is 4.67. The van der Waals surface area contributed by atoms with Crippen LogP contribution in [0.3, 0.4) is 0 Å². The van der Waals surface area contributed by atoms with E-state index in [2.05, 4.69) is 15.2 Å². The lowest BCUT2D eigenvalue weighted by Gasteiger charge is -2.29. The molecule has 3 heterocycles.